The van der Waals surface area contributed by atoms with Crippen molar-refractivity contribution in [2.45, 2.75) is 45.7 Å². The van der Waals surface area contributed by atoms with E-state index in [1.807, 2.05) is 37.3 Å². The molecule has 0 bridgehead atoms. The maximum Gasteiger partial charge on any atom is 0.223 e. The zero-order chi connectivity index (χ0) is 20.8. The second-order valence-electron chi connectivity index (χ2n) is 7.84. The van der Waals surface area contributed by atoms with E-state index in [2.05, 4.69) is 29.3 Å². The molecule has 29 heavy (non-hydrogen) atoms. The Labute approximate surface area is 179 Å². The molecule has 5 heteroatoms. The van der Waals surface area contributed by atoms with Crippen LogP contribution in [0.3, 0.4) is 0 Å². The van der Waals surface area contributed by atoms with Gasteiger partial charge < -0.3 is 10.1 Å². The smallest absolute Gasteiger partial charge is 0.223 e. The van der Waals surface area contributed by atoms with Crippen LogP contribution in [0, 0.1) is 12.8 Å². The molecular formula is C24H31ClN2O2. The van der Waals surface area contributed by atoms with Crippen LogP contribution < -0.4 is 10.1 Å². The molecule has 2 aromatic rings. The average molecular weight is 415 g/mol. The Morgan fingerprint density at radius 2 is 1.97 bits per heavy atom. The summed E-state index contributed by atoms with van der Waals surface area (Å²) in [5.74, 6) is 1.12. The monoisotopic (exact) mass is 414 g/mol. The summed E-state index contributed by atoms with van der Waals surface area (Å²) in [5.41, 5.74) is 3.37. The van der Waals surface area contributed by atoms with Crippen LogP contribution in [0.1, 0.15) is 48.9 Å². The number of amides is 1. The summed E-state index contributed by atoms with van der Waals surface area (Å²) in [6.45, 7) is 6.82. The van der Waals surface area contributed by atoms with Gasteiger partial charge in [0.15, 0.2) is 0 Å². The number of ether oxygens (including phenoxy) is 1. The molecule has 1 heterocycles. The minimum Gasteiger partial charge on any atom is -0.496 e. The van der Waals surface area contributed by atoms with Gasteiger partial charge in [0.25, 0.3) is 0 Å². The number of carbonyl (C=O) groups excluding carboxylic acids is 1. The molecule has 156 valence electrons. The number of nitrogens with zero attached hydrogens (tertiary/aromatic N) is 1. The molecule has 1 amide bonds. The van der Waals surface area contributed by atoms with Crippen molar-refractivity contribution in [3.63, 3.8) is 0 Å². The van der Waals surface area contributed by atoms with E-state index < -0.39 is 0 Å². The van der Waals surface area contributed by atoms with Crippen LogP contribution in [0.15, 0.2) is 42.5 Å². The van der Waals surface area contributed by atoms with Gasteiger partial charge in [0.05, 0.1) is 13.2 Å². The van der Waals surface area contributed by atoms with E-state index in [1.54, 1.807) is 7.11 Å². The van der Waals surface area contributed by atoms with Crippen LogP contribution >= 0.6 is 11.6 Å². The summed E-state index contributed by atoms with van der Waals surface area (Å²) < 4.78 is 5.35. The van der Waals surface area contributed by atoms with Crippen LogP contribution in [0.4, 0.5) is 0 Å². The van der Waals surface area contributed by atoms with Crippen molar-refractivity contribution in [2.24, 2.45) is 5.92 Å². The summed E-state index contributed by atoms with van der Waals surface area (Å²) in [6, 6.07) is 14.2. The fourth-order valence-corrected chi connectivity index (χ4v) is 4.25. The Morgan fingerprint density at radius 1 is 1.24 bits per heavy atom. The SMILES string of the molecule is CC[C@H](NC(=O)C1CCN(Cc2ccccc2Cl)CC1)c1ccc(OC)c(C)c1. The van der Waals surface area contributed by atoms with Crippen LogP contribution in [-0.2, 0) is 11.3 Å². The zero-order valence-corrected chi connectivity index (χ0v) is 18.3. The molecule has 0 aliphatic carbocycles. The first-order chi connectivity index (χ1) is 14.0. The predicted octanol–water partition coefficient (Wildman–Crippen LogP) is 5.14. The highest BCUT2D eigenvalue weighted by Crippen LogP contribution is 2.26. The zero-order valence-electron chi connectivity index (χ0n) is 17.6. The summed E-state index contributed by atoms with van der Waals surface area (Å²) >= 11 is 6.29. The van der Waals surface area contributed by atoms with Gasteiger partial charge in [0.2, 0.25) is 5.91 Å². The first-order valence-electron chi connectivity index (χ1n) is 10.4. The first-order valence-corrected chi connectivity index (χ1v) is 10.8. The highest BCUT2D eigenvalue weighted by atomic mass is 35.5. The number of likely N-dealkylation sites (tertiary alicyclic amines) is 1. The number of rotatable bonds is 7. The van der Waals surface area contributed by atoms with Gasteiger partial charge in [0, 0.05) is 17.5 Å². The fourth-order valence-electron chi connectivity index (χ4n) is 4.05. The predicted molar refractivity (Wildman–Crippen MR) is 118 cm³/mol. The standard InChI is InChI=1S/C24H31ClN2O2/c1-4-22(19-9-10-23(29-3)17(2)15-19)26-24(28)18-11-13-27(14-12-18)16-20-7-5-6-8-21(20)25/h5-10,15,18,22H,4,11-14,16H2,1-3H3,(H,26,28)/t22-/m0/s1. The van der Waals surface area contributed by atoms with Gasteiger partial charge >= 0.3 is 0 Å². The lowest BCUT2D eigenvalue weighted by Crippen LogP contribution is -2.41. The number of aryl methyl sites for hydroxylation is 1. The van der Waals surface area contributed by atoms with E-state index >= 15 is 0 Å². The Bertz CT molecular complexity index is 831. The van der Waals surface area contributed by atoms with E-state index in [0.717, 1.165) is 66.4 Å². The number of carbonyl (C=O) groups is 1. The number of hydrogen-bond acceptors (Lipinski definition) is 3. The van der Waals surface area contributed by atoms with Gasteiger partial charge in [-0.3, -0.25) is 9.69 Å². The van der Waals surface area contributed by atoms with Gasteiger partial charge in [-0.15, -0.1) is 0 Å². The summed E-state index contributed by atoms with van der Waals surface area (Å²) in [7, 11) is 1.68. The lowest BCUT2D eigenvalue weighted by Gasteiger charge is -2.32. The number of methoxy groups -OCH3 is 1. The third-order valence-electron chi connectivity index (χ3n) is 5.86. The molecule has 0 unspecified atom stereocenters. The third-order valence-corrected chi connectivity index (χ3v) is 6.22. The molecule has 1 saturated heterocycles. The normalized spacial score (nSPS) is 16.4. The molecule has 1 atom stereocenters. The van der Waals surface area contributed by atoms with Crippen molar-refractivity contribution < 1.29 is 9.53 Å². The van der Waals surface area contributed by atoms with Crippen LogP contribution in [0.5, 0.6) is 5.75 Å². The first kappa shape index (κ1) is 21.7. The number of halogens is 1. The molecule has 1 aliphatic heterocycles. The Morgan fingerprint density at radius 3 is 2.59 bits per heavy atom. The number of hydrogen-bond donors (Lipinski definition) is 1. The summed E-state index contributed by atoms with van der Waals surface area (Å²) in [6.07, 6.45) is 2.63. The highest BCUT2D eigenvalue weighted by Gasteiger charge is 2.27. The van der Waals surface area contributed by atoms with Gasteiger partial charge in [-0.05, 0) is 68.1 Å². The van der Waals surface area contributed by atoms with E-state index in [9.17, 15) is 4.79 Å². The van der Waals surface area contributed by atoms with Crippen molar-refractivity contribution >= 4 is 17.5 Å². The molecule has 4 nitrogen and oxygen atoms in total. The van der Waals surface area contributed by atoms with Crippen LogP contribution in [0.2, 0.25) is 5.02 Å². The summed E-state index contributed by atoms with van der Waals surface area (Å²) in [4.78, 5) is 15.3. The molecule has 0 radical (unpaired) electrons. The van der Waals surface area contributed by atoms with E-state index in [4.69, 9.17) is 16.3 Å². The maximum absolute atomic E-state index is 12.9. The minimum atomic E-state index is 0.0354. The summed E-state index contributed by atoms with van der Waals surface area (Å²) in [5, 5.41) is 4.08. The largest absolute Gasteiger partial charge is 0.496 e. The van der Waals surface area contributed by atoms with Crippen LogP contribution in [-0.4, -0.2) is 31.0 Å². The Balaban J connectivity index is 1.54. The number of nitrogens with one attached hydrogen (secondary N) is 1. The highest BCUT2D eigenvalue weighted by molar-refractivity contribution is 6.31. The van der Waals surface area contributed by atoms with Crippen molar-refractivity contribution in [3.8, 4) is 5.75 Å². The fraction of sp³-hybridized carbons (Fsp3) is 0.458. The molecule has 0 spiro atoms. The Kier molecular flexibility index (Phi) is 7.57. The maximum atomic E-state index is 12.9. The second-order valence-corrected chi connectivity index (χ2v) is 8.25. The second kappa shape index (κ2) is 10.1. The topological polar surface area (TPSA) is 41.6 Å². The van der Waals surface area contributed by atoms with Gasteiger partial charge in [-0.2, -0.15) is 0 Å². The third kappa shape index (κ3) is 5.52. The number of benzene rings is 2. The van der Waals surface area contributed by atoms with E-state index in [-0.39, 0.29) is 17.9 Å². The lowest BCUT2D eigenvalue weighted by molar-refractivity contribution is -0.127. The average Bonchev–Trinajstić information content (AvgIpc) is 2.74. The molecular weight excluding hydrogens is 384 g/mol. The quantitative estimate of drug-likeness (QED) is 0.682. The Hall–Kier alpha value is -2.04. The van der Waals surface area contributed by atoms with Gasteiger partial charge in [-0.1, -0.05) is 48.9 Å². The van der Waals surface area contributed by atoms with Crippen LogP contribution in [0.25, 0.3) is 0 Å². The van der Waals surface area contributed by atoms with Gasteiger partial charge in [0.1, 0.15) is 5.75 Å². The van der Waals surface area contributed by atoms with Crippen molar-refractivity contribution in [1.29, 1.82) is 0 Å². The molecule has 1 aliphatic rings. The molecule has 0 aromatic heterocycles. The minimum absolute atomic E-state index is 0.0354. The van der Waals surface area contributed by atoms with Crippen molar-refractivity contribution in [2.75, 3.05) is 20.2 Å². The molecule has 3 rings (SSSR count). The molecule has 2 aromatic carbocycles. The van der Waals surface area contributed by atoms with Gasteiger partial charge in [-0.25, -0.2) is 0 Å². The van der Waals surface area contributed by atoms with E-state index in [0.29, 0.717) is 0 Å². The van der Waals surface area contributed by atoms with E-state index in [1.165, 1.54) is 0 Å². The number of piperidine rings is 1. The molecule has 1 N–H and O–H groups in total. The van der Waals surface area contributed by atoms with Crippen molar-refractivity contribution in [1.82, 2.24) is 10.2 Å². The lowest BCUT2D eigenvalue weighted by atomic mass is 9.94. The molecule has 1 fully saturated rings. The van der Waals surface area contributed by atoms with Crippen molar-refractivity contribution in [3.05, 3.63) is 64.2 Å². The molecule has 0 saturated carbocycles.